The molecule has 532 valence electrons. The van der Waals surface area contributed by atoms with Crippen molar-refractivity contribution >= 4 is 53.9 Å². The van der Waals surface area contributed by atoms with Gasteiger partial charge >= 0.3 is 17.9 Å². The van der Waals surface area contributed by atoms with Gasteiger partial charge in [0.05, 0.1) is 13.2 Å². The number of carbonyl (C=O) groups is 6. The molecule has 4 fully saturated rings. The molecule has 14 heteroatoms. The van der Waals surface area contributed by atoms with Gasteiger partial charge in [0, 0.05) is 52.6 Å². The minimum absolute atomic E-state index is 0.0573. The lowest BCUT2D eigenvalue weighted by molar-refractivity contribution is -0.145. The highest BCUT2D eigenvalue weighted by molar-refractivity contribution is 5.88. The summed E-state index contributed by atoms with van der Waals surface area (Å²) in [7, 11) is 0. The minimum Gasteiger partial charge on any atom is -0.494 e. The molecule has 0 aliphatic heterocycles. The molecule has 3 amide bonds. The maximum Gasteiger partial charge on any atom is 0.331 e. The zero-order chi connectivity index (χ0) is 69.8. The monoisotopic (exact) mass is 1330 g/mol. The lowest BCUT2D eigenvalue weighted by Crippen LogP contribution is -2.45. The molecule has 0 atom stereocenters. The Bertz CT molecular complexity index is 2840. The highest BCUT2D eigenvalue weighted by Gasteiger charge is 2.33. The minimum atomic E-state index is -0.341. The zero-order valence-corrected chi connectivity index (χ0v) is 60.8. The summed E-state index contributed by atoms with van der Waals surface area (Å²) in [5.74, 6) is 1.83. The van der Waals surface area contributed by atoms with Crippen LogP contribution < -0.4 is 25.4 Å². The number of esters is 3. The van der Waals surface area contributed by atoms with Gasteiger partial charge in [-0.2, -0.15) is 0 Å². The molecule has 0 unspecified atom stereocenters. The summed E-state index contributed by atoms with van der Waals surface area (Å²) >= 11 is 0. The molecular weight excluding hydrogens is 1200 g/mol. The highest BCUT2D eigenvalue weighted by Crippen LogP contribution is 2.34. The van der Waals surface area contributed by atoms with Gasteiger partial charge in [-0.15, -0.1) is 0 Å². The molecule has 7 rings (SSSR count). The van der Waals surface area contributed by atoms with Crippen molar-refractivity contribution in [1.82, 2.24) is 16.0 Å². The van der Waals surface area contributed by atoms with Crippen LogP contribution in [0.3, 0.4) is 0 Å². The van der Waals surface area contributed by atoms with E-state index in [9.17, 15) is 28.8 Å². The molecule has 4 aliphatic rings. The van der Waals surface area contributed by atoms with Crippen LogP contribution in [-0.2, 0) is 43.0 Å². The van der Waals surface area contributed by atoms with Crippen LogP contribution in [0.5, 0.6) is 11.5 Å². The summed E-state index contributed by atoms with van der Waals surface area (Å²) in [6, 6.07) is 24.6. The fourth-order valence-electron chi connectivity index (χ4n) is 12.0. The third-order valence-electron chi connectivity index (χ3n) is 20.2. The smallest absolute Gasteiger partial charge is 0.331 e. The summed E-state index contributed by atoms with van der Waals surface area (Å²) in [5.41, 5.74) is 3.31. The molecule has 4 aliphatic carbocycles. The standard InChI is InChI=1S/C28H43NO4.C27H41NO4.C27H39NO3/c1-5-7-8-9-10-21-32-24-16-11-22(12-17-24)13-20-26(30)33-25-18-14-23(15-19-25)29-27(31)28(3,4)6-2;1-5-7-8-9-20-31-23-15-10-21(11-16-23)12-19-25(29)32-24-17-13-22(14-18-24)28-26(30)27(3,4)6-2;1-4-27(2,3)26(30)28-23-15-17-24(18-16-23)31-25(29)19-12-20-10-13-22(14-11-20)21-8-6-5-7-9-21/h11-13,16-17,20,23,25H,5-10,14-15,18-19,21H2,1-4H3,(H,29,31);10-12,15-16,19,22,24H,5-9,13-14,17-18,20H2,1-4H3,(H,28,30);10-14,19,21,23-24H,4-9,15-18H2,1-3H3,(H,28,30)/b20-13+;2*19-12+. The Morgan fingerprint density at radius 2 is 0.667 bits per heavy atom. The number of amides is 3. The van der Waals surface area contributed by atoms with E-state index >= 15 is 0 Å². The lowest BCUT2D eigenvalue weighted by Gasteiger charge is -2.31. The molecule has 0 saturated heterocycles. The number of unbranched alkanes of at least 4 members (excludes halogenated alkanes) is 7. The Morgan fingerprint density at radius 1 is 0.375 bits per heavy atom. The maximum absolute atomic E-state index is 12.4. The third-order valence-corrected chi connectivity index (χ3v) is 20.2. The van der Waals surface area contributed by atoms with Crippen molar-refractivity contribution in [2.75, 3.05) is 13.2 Å². The van der Waals surface area contributed by atoms with Crippen LogP contribution in [0.1, 0.15) is 291 Å². The number of ether oxygens (including phenoxy) is 5. The second-order valence-electron chi connectivity index (χ2n) is 29.2. The first-order valence-electron chi connectivity index (χ1n) is 37.2. The van der Waals surface area contributed by atoms with Crippen LogP contribution >= 0.6 is 0 Å². The fourth-order valence-corrected chi connectivity index (χ4v) is 12.0. The van der Waals surface area contributed by atoms with E-state index < -0.39 is 0 Å². The second-order valence-corrected chi connectivity index (χ2v) is 29.2. The van der Waals surface area contributed by atoms with Gasteiger partial charge in [-0.25, -0.2) is 14.4 Å². The molecule has 3 aromatic carbocycles. The quantitative estimate of drug-likeness (QED) is 0.0234. The van der Waals surface area contributed by atoms with Gasteiger partial charge in [-0.1, -0.05) is 189 Å². The molecule has 0 spiro atoms. The molecule has 0 radical (unpaired) electrons. The van der Waals surface area contributed by atoms with Crippen LogP contribution in [0.15, 0.2) is 91.0 Å². The Morgan fingerprint density at radius 3 is 0.969 bits per heavy atom. The van der Waals surface area contributed by atoms with Crippen molar-refractivity contribution in [3.8, 4) is 11.5 Å². The average molecular weight is 1330 g/mol. The summed E-state index contributed by atoms with van der Waals surface area (Å²) in [5, 5.41) is 9.47. The summed E-state index contributed by atoms with van der Waals surface area (Å²) in [6.45, 7) is 23.8. The number of hydrogen-bond donors (Lipinski definition) is 3. The third kappa shape index (κ3) is 30.4. The summed E-state index contributed by atoms with van der Waals surface area (Å²) in [4.78, 5) is 73.7. The first-order chi connectivity index (χ1) is 46.0. The molecule has 4 saturated carbocycles. The maximum atomic E-state index is 12.4. The SMILES string of the molecule is CCC(C)(C)C(=O)NC1CCC(OC(=O)/C=C/c2ccc(C3CCCCC3)cc2)CC1.CCCCCCCOc1ccc(/C=C/C(=O)OC2CCC(NC(=O)C(C)(C)CC)CC2)cc1.CCCCCCOc1ccc(/C=C/C(=O)OC2CCC(NC(=O)C(C)(C)CC)CC2)cc1. The Labute approximate surface area is 578 Å². The zero-order valence-electron chi connectivity index (χ0n) is 60.8. The van der Waals surface area contributed by atoms with E-state index in [0.717, 1.165) is 151 Å². The van der Waals surface area contributed by atoms with Gasteiger partial charge < -0.3 is 39.6 Å². The molecule has 3 aromatic rings. The van der Waals surface area contributed by atoms with E-state index in [0.29, 0.717) is 5.92 Å². The van der Waals surface area contributed by atoms with E-state index in [2.05, 4.69) is 54.1 Å². The van der Waals surface area contributed by atoms with Gasteiger partial charge in [0.15, 0.2) is 0 Å². The van der Waals surface area contributed by atoms with Crippen molar-refractivity contribution < 1.29 is 52.5 Å². The Kier molecular flexibility index (Phi) is 35.7. The predicted molar refractivity (Wildman–Crippen MR) is 389 cm³/mol. The van der Waals surface area contributed by atoms with Gasteiger partial charge in [0.1, 0.15) is 29.8 Å². The fraction of sp³-hybridized carbons (Fsp3) is 0.634. The first-order valence-corrected chi connectivity index (χ1v) is 37.2. The van der Waals surface area contributed by atoms with E-state index in [1.807, 2.05) is 117 Å². The van der Waals surface area contributed by atoms with Crippen LogP contribution in [0, 0.1) is 16.2 Å². The number of hydrogen-bond acceptors (Lipinski definition) is 11. The number of rotatable bonds is 32. The molecule has 3 N–H and O–H groups in total. The van der Waals surface area contributed by atoms with Crippen molar-refractivity contribution in [2.24, 2.45) is 16.2 Å². The van der Waals surface area contributed by atoms with E-state index in [1.54, 1.807) is 12.2 Å². The van der Waals surface area contributed by atoms with E-state index in [-0.39, 0.29) is 88.3 Å². The molecule has 0 bridgehead atoms. The topological polar surface area (TPSA) is 185 Å². The van der Waals surface area contributed by atoms with Crippen molar-refractivity contribution in [3.63, 3.8) is 0 Å². The first kappa shape index (κ1) is 80.0. The van der Waals surface area contributed by atoms with E-state index in [4.69, 9.17) is 23.7 Å². The van der Waals surface area contributed by atoms with Crippen LogP contribution in [-0.4, -0.2) is 85.3 Å². The van der Waals surface area contributed by atoms with Gasteiger partial charge in [-0.05, 0) is 193 Å². The lowest BCUT2D eigenvalue weighted by atomic mass is 9.84. The van der Waals surface area contributed by atoms with Crippen LogP contribution in [0.25, 0.3) is 18.2 Å². The Hall–Kier alpha value is -6.70. The highest BCUT2D eigenvalue weighted by atomic mass is 16.6. The molecule has 0 aromatic heterocycles. The van der Waals surface area contributed by atoms with Crippen molar-refractivity contribution in [3.05, 3.63) is 113 Å². The van der Waals surface area contributed by atoms with Crippen LogP contribution in [0.4, 0.5) is 0 Å². The number of nitrogens with one attached hydrogen (secondary N) is 3. The van der Waals surface area contributed by atoms with Gasteiger partial charge in [0.2, 0.25) is 17.7 Å². The largest absolute Gasteiger partial charge is 0.494 e. The van der Waals surface area contributed by atoms with Crippen molar-refractivity contribution in [2.45, 2.75) is 305 Å². The molecular formula is C82H123N3O11. The second kappa shape index (κ2) is 42.9. The van der Waals surface area contributed by atoms with Gasteiger partial charge in [0.25, 0.3) is 0 Å². The van der Waals surface area contributed by atoms with Crippen LogP contribution in [0.2, 0.25) is 0 Å². The Balaban J connectivity index is 0.000000260. The summed E-state index contributed by atoms with van der Waals surface area (Å²) in [6.07, 6.45) is 39.4. The molecule has 14 nitrogen and oxygen atoms in total. The van der Waals surface area contributed by atoms with Crippen molar-refractivity contribution in [1.29, 1.82) is 0 Å². The normalized spacial score (nSPS) is 20.2. The summed E-state index contributed by atoms with van der Waals surface area (Å²) < 4.78 is 28.4. The number of carbonyl (C=O) groups excluding carboxylic acids is 6. The molecule has 96 heavy (non-hydrogen) atoms. The van der Waals surface area contributed by atoms with Gasteiger partial charge in [-0.3, -0.25) is 14.4 Å². The predicted octanol–water partition coefficient (Wildman–Crippen LogP) is 18.7. The number of benzene rings is 3. The molecule has 0 heterocycles. The average Bonchev–Trinajstić information content (AvgIpc) is 0.963. The van der Waals surface area contributed by atoms with E-state index in [1.165, 1.54) is 101 Å².